The molecule has 0 fully saturated rings. The standard InChI is InChI=1S/C15H15F6N2OS.Cr/c16-14(17,18)10-7-11(15(19,20)21)9-12(8-10)23-13(25)22-5-3-1-2-4-6-24;/h7-9H,1-5H2,(H2,22,23,25);/q-1;. The summed E-state index contributed by atoms with van der Waals surface area (Å²) in [5.74, 6) is 0. The molecule has 1 aromatic rings. The van der Waals surface area contributed by atoms with Gasteiger partial charge in [0.05, 0.1) is 11.1 Å². The molecule has 3 nitrogen and oxygen atoms in total. The molecule has 0 radical (unpaired) electrons. The van der Waals surface area contributed by atoms with Gasteiger partial charge in [0.25, 0.3) is 0 Å². The van der Waals surface area contributed by atoms with Crippen molar-refractivity contribution in [1.82, 2.24) is 5.32 Å². The number of rotatable bonds is 7. The first-order valence-corrected chi connectivity index (χ1v) is 7.64. The zero-order chi connectivity index (χ0) is 19.1. The molecular formula is C15H15CrF6N2OS-. The molecule has 0 spiro atoms. The van der Waals surface area contributed by atoms with Crippen molar-refractivity contribution in [3.05, 3.63) is 29.3 Å². The Bertz CT molecular complexity index is 575. The van der Waals surface area contributed by atoms with Gasteiger partial charge in [0.2, 0.25) is 0 Å². The SMILES string of the molecule is O=[C-]CCCCCNC(=S)Nc1cc(C(F)(F)F)cc(C(F)(F)F)c1.[Cr]. The van der Waals surface area contributed by atoms with Gasteiger partial charge in [-0.3, -0.25) is 6.29 Å². The smallest absolute Gasteiger partial charge is 0.416 e. The van der Waals surface area contributed by atoms with Gasteiger partial charge in [0, 0.05) is 29.6 Å². The Kier molecular flexibility index (Phi) is 10.2. The normalized spacial score (nSPS) is 11.5. The van der Waals surface area contributed by atoms with Crippen LogP contribution in [0, 0.1) is 0 Å². The molecule has 11 heteroatoms. The fourth-order valence-corrected chi connectivity index (χ4v) is 2.12. The van der Waals surface area contributed by atoms with Gasteiger partial charge in [-0.05, 0) is 36.8 Å². The fraction of sp³-hybridized carbons (Fsp3) is 0.467. The van der Waals surface area contributed by atoms with Crippen molar-refractivity contribution in [2.75, 3.05) is 11.9 Å². The Hall–Kier alpha value is -1.31. The Morgan fingerprint density at radius 2 is 1.50 bits per heavy atom. The van der Waals surface area contributed by atoms with Crippen molar-refractivity contribution in [1.29, 1.82) is 0 Å². The molecule has 0 heterocycles. The number of halogens is 6. The number of anilines is 1. The summed E-state index contributed by atoms with van der Waals surface area (Å²) in [6.45, 7) is 0.371. The van der Waals surface area contributed by atoms with Crippen LogP contribution in [0.15, 0.2) is 18.2 Å². The molecule has 26 heavy (non-hydrogen) atoms. The molecule has 1 aromatic carbocycles. The van der Waals surface area contributed by atoms with E-state index < -0.39 is 29.2 Å². The van der Waals surface area contributed by atoms with Crippen LogP contribution >= 0.6 is 12.2 Å². The summed E-state index contributed by atoms with van der Waals surface area (Å²) in [4.78, 5) is 10.0. The van der Waals surface area contributed by atoms with Gasteiger partial charge in [0.15, 0.2) is 5.11 Å². The van der Waals surface area contributed by atoms with E-state index in [9.17, 15) is 31.1 Å². The summed E-state index contributed by atoms with van der Waals surface area (Å²) < 4.78 is 76.5. The van der Waals surface area contributed by atoms with Crippen molar-refractivity contribution in [2.45, 2.75) is 38.0 Å². The number of hydrogen-bond donors (Lipinski definition) is 2. The first kappa shape index (κ1) is 24.7. The van der Waals surface area contributed by atoms with Gasteiger partial charge in [-0.1, -0.05) is 12.8 Å². The number of carbonyl (C=O) groups excluding carboxylic acids is 1. The summed E-state index contributed by atoms with van der Waals surface area (Å²) >= 11 is 4.86. The molecule has 0 atom stereocenters. The van der Waals surface area contributed by atoms with E-state index in [0.29, 0.717) is 44.4 Å². The third-order valence-electron chi connectivity index (χ3n) is 3.09. The number of unbranched alkanes of at least 4 members (excludes halogenated alkanes) is 3. The van der Waals surface area contributed by atoms with E-state index in [4.69, 9.17) is 12.2 Å². The van der Waals surface area contributed by atoms with Crippen LogP contribution in [0.1, 0.15) is 36.8 Å². The minimum absolute atomic E-state index is 0. The molecule has 0 aliphatic rings. The van der Waals surface area contributed by atoms with Crippen molar-refractivity contribution in [3.63, 3.8) is 0 Å². The summed E-state index contributed by atoms with van der Waals surface area (Å²) in [7, 11) is 0. The summed E-state index contributed by atoms with van der Waals surface area (Å²) in [5.41, 5.74) is -3.24. The van der Waals surface area contributed by atoms with Crippen LogP contribution in [0.5, 0.6) is 0 Å². The van der Waals surface area contributed by atoms with Crippen LogP contribution in [0.25, 0.3) is 0 Å². The molecule has 0 amide bonds. The number of thiocarbonyl (C=S) groups is 1. The van der Waals surface area contributed by atoms with Crippen LogP contribution in [0.4, 0.5) is 32.0 Å². The van der Waals surface area contributed by atoms with Gasteiger partial charge in [0.1, 0.15) is 0 Å². The van der Waals surface area contributed by atoms with Gasteiger partial charge in [-0.15, -0.1) is 0 Å². The first-order valence-electron chi connectivity index (χ1n) is 7.23. The van der Waals surface area contributed by atoms with Crippen LogP contribution < -0.4 is 10.6 Å². The minimum atomic E-state index is -4.91. The number of hydrogen-bond acceptors (Lipinski definition) is 2. The predicted octanol–water partition coefficient (Wildman–Crippen LogP) is 4.68. The van der Waals surface area contributed by atoms with E-state index in [1.54, 1.807) is 6.29 Å². The summed E-state index contributed by atoms with van der Waals surface area (Å²) in [6, 6.07) is 1.16. The number of alkyl halides is 6. The molecule has 0 saturated heterocycles. The number of benzene rings is 1. The van der Waals surface area contributed by atoms with Crippen molar-refractivity contribution in [2.24, 2.45) is 0 Å². The maximum atomic E-state index is 12.8. The van der Waals surface area contributed by atoms with Gasteiger partial charge in [-0.2, -0.15) is 32.8 Å². The molecule has 146 valence electrons. The van der Waals surface area contributed by atoms with E-state index in [0.717, 1.165) is 0 Å². The quantitative estimate of drug-likeness (QED) is 0.281. The van der Waals surface area contributed by atoms with Gasteiger partial charge < -0.3 is 15.4 Å². The van der Waals surface area contributed by atoms with Gasteiger partial charge >= 0.3 is 12.4 Å². The minimum Gasteiger partial charge on any atom is -0.542 e. The molecule has 0 aromatic heterocycles. The Morgan fingerprint density at radius 3 is 1.96 bits per heavy atom. The average molecular weight is 437 g/mol. The molecule has 0 aliphatic heterocycles. The van der Waals surface area contributed by atoms with E-state index >= 15 is 0 Å². The Balaban J connectivity index is 0.00000625. The Labute approximate surface area is 162 Å². The summed E-state index contributed by atoms with van der Waals surface area (Å²) in [6.07, 6.45) is -5.77. The molecule has 2 N–H and O–H groups in total. The van der Waals surface area contributed by atoms with Crippen LogP contribution in [-0.4, -0.2) is 17.9 Å². The molecule has 0 unspecified atom stereocenters. The fourth-order valence-electron chi connectivity index (χ4n) is 1.90. The maximum Gasteiger partial charge on any atom is 0.416 e. The van der Waals surface area contributed by atoms with Crippen LogP contribution in [-0.2, 0) is 34.5 Å². The summed E-state index contributed by atoms with van der Waals surface area (Å²) in [5, 5.41) is 4.92. The average Bonchev–Trinajstić information content (AvgIpc) is 2.48. The monoisotopic (exact) mass is 437 g/mol. The van der Waals surface area contributed by atoms with Crippen molar-refractivity contribution in [3.8, 4) is 0 Å². The molecule has 0 saturated carbocycles. The van der Waals surface area contributed by atoms with Crippen LogP contribution in [0.3, 0.4) is 0 Å². The second kappa shape index (κ2) is 10.7. The maximum absolute atomic E-state index is 12.8. The zero-order valence-electron chi connectivity index (χ0n) is 13.3. The van der Waals surface area contributed by atoms with Crippen molar-refractivity contribution >= 4 is 29.3 Å². The van der Waals surface area contributed by atoms with Crippen LogP contribution in [0.2, 0.25) is 0 Å². The van der Waals surface area contributed by atoms with E-state index in [1.807, 2.05) is 0 Å². The zero-order valence-corrected chi connectivity index (χ0v) is 15.4. The molecule has 0 bridgehead atoms. The van der Waals surface area contributed by atoms with E-state index in [2.05, 4.69) is 10.6 Å². The third-order valence-corrected chi connectivity index (χ3v) is 3.33. The van der Waals surface area contributed by atoms with E-state index in [1.165, 1.54) is 0 Å². The van der Waals surface area contributed by atoms with Gasteiger partial charge in [-0.25, -0.2) is 0 Å². The first-order chi connectivity index (χ1) is 11.5. The van der Waals surface area contributed by atoms with Crippen molar-refractivity contribution < 1.29 is 48.5 Å². The largest absolute Gasteiger partial charge is 0.542 e. The molecular weight excluding hydrogens is 422 g/mol. The topological polar surface area (TPSA) is 41.1 Å². The number of nitrogens with one attached hydrogen (secondary N) is 2. The molecule has 1 rings (SSSR count). The second-order valence-corrected chi connectivity index (χ2v) is 5.54. The molecule has 0 aliphatic carbocycles. The predicted molar refractivity (Wildman–Crippen MR) is 84.8 cm³/mol. The second-order valence-electron chi connectivity index (χ2n) is 5.13. The Morgan fingerprint density at radius 1 is 0.962 bits per heavy atom. The van der Waals surface area contributed by atoms with E-state index in [-0.39, 0.29) is 28.5 Å². The third kappa shape index (κ3) is 8.87.